The first-order valence-electron chi connectivity index (χ1n) is 6.87. The molecule has 1 saturated carbocycles. The smallest absolute Gasteiger partial charge is 0.415 e. The van der Waals surface area contributed by atoms with Crippen LogP contribution in [0.1, 0.15) is 32.1 Å². The lowest BCUT2D eigenvalue weighted by Crippen LogP contribution is -2.26. The van der Waals surface area contributed by atoms with Crippen molar-refractivity contribution < 1.29 is 9.53 Å². The quantitative estimate of drug-likeness (QED) is 0.904. The van der Waals surface area contributed by atoms with Gasteiger partial charge in [0.2, 0.25) is 5.95 Å². The van der Waals surface area contributed by atoms with Crippen molar-refractivity contribution in [2.24, 2.45) is 0 Å². The maximum Gasteiger partial charge on any atom is 0.415 e. The molecule has 6 nitrogen and oxygen atoms in total. The molecular weight excluding hydrogens is 244 g/mol. The van der Waals surface area contributed by atoms with Crippen molar-refractivity contribution in [1.29, 1.82) is 0 Å². The molecule has 1 aromatic rings. The SMILES string of the molecule is O=C1OCCN1c1ccnc(NC2CCCCC2)n1. The van der Waals surface area contributed by atoms with Gasteiger partial charge in [-0.15, -0.1) is 0 Å². The number of hydrogen-bond acceptors (Lipinski definition) is 5. The first kappa shape index (κ1) is 12.2. The molecule has 0 atom stereocenters. The topological polar surface area (TPSA) is 67.3 Å². The fourth-order valence-corrected chi connectivity index (χ4v) is 2.60. The lowest BCUT2D eigenvalue weighted by atomic mass is 9.96. The minimum absolute atomic E-state index is 0.331. The monoisotopic (exact) mass is 262 g/mol. The number of ether oxygens (including phenoxy) is 1. The van der Waals surface area contributed by atoms with E-state index in [0.29, 0.717) is 31.0 Å². The van der Waals surface area contributed by atoms with E-state index in [4.69, 9.17) is 4.74 Å². The van der Waals surface area contributed by atoms with Crippen molar-refractivity contribution in [3.05, 3.63) is 12.3 Å². The summed E-state index contributed by atoms with van der Waals surface area (Å²) in [6.45, 7) is 0.979. The normalized spacial score (nSPS) is 20.4. The summed E-state index contributed by atoms with van der Waals surface area (Å²) in [4.78, 5) is 21.7. The van der Waals surface area contributed by atoms with E-state index in [0.717, 1.165) is 0 Å². The molecule has 1 amide bonds. The van der Waals surface area contributed by atoms with Gasteiger partial charge in [-0.3, -0.25) is 4.90 Å². The molecule has 2 aliphatic rings. The van der Waals surface area contributed by atoms with E-state index >= 15 is 0 Å². The predicted molar refractivity (Wildman–Crippen MR) is 71.2 cm³/mol. The summed E-state index contributed by atoms with van der Waals surface area (Å²) in [5.41, 5.74) is 0. The molecule has 102 valence electrons. The summed E-state index contributed by atoms with van der Waals surface area (Å²) in [7, 11) is 0. The largest absolute Gasteiger partial charge is 0.447 e. The number of nitrogens with one attached hydrogen (secondary N) is 1. The van der Waals surface area contributed by atoms with Gasteiger partial charge in [-0.05, 0) is 18.9 Å². The number of anilines is 2. The Morgan fingerprint density at radius 1 is 1.32 bits per heavy atom. The molecule has 3 rings (SSSR count). The number of aromatic nitrogens is 2. The Morgan fingerprint density at radius 2 is 2.16 bits per heavy atom. The molecule has 19 heavy (non-hydrogen) atoms. The van der Waals surface area contributed by atoms with Gasteiger partial charge in [-0.25, -0.2) is 9.78 Å². The Balaban J connectivity index is 1.70. The molecule has 2 heterocycles. The molecule has 0 unspecified atom stereocenters. The van der Waals surface area contributed by atoms with Crippen LogP contribution in [-0.2, 0) is 4.74 Å². The molecule has 1 aliphatic heterocycles. The first-order chi connectivity index (χ1) is 9.33. The standard InChI is InChI=1S/C13H18N4O2/c18-13-17(8-9-19-13)11-6-7-14-12(16-11)15-10-4-2-1-3-5-10/h6-7,10H,1-5,8-9H2,(H,14,15,16). The molecule has 1 aromatic heterocycles. The molecular formula is C13H18N4O2. The van der Waals surface area contributed by atoms with E-state index in [1.807, 2.05) is 0 Å². The van der Waals surface area contributed by atoms with Crippen molar-refractivity contribution in [3.63, 3.8) is 0 Å². The average molecular weight is 262 g/mol. The van der Waals surface area contributed by atoms with Crippen LogP contribution in [0.4, 0.5) is 16.6 Å². The van der Waals surface area contributed by atoms with Crippen molar-refractivity contribution in [3.8, 4) is 0 Å². The number of nitrogens with zero attached hydrogens (tertiary/aromatic N) is 3. The number of amides is 1. The Labute approximate surface area is 112 Å². The van der Waals surface area contributed by atoms with Gasteiger partial charge in [0.15, 0.2) is 0 Å². The third-order valence-corrected chi connectivity index (χ3v) is 3.62. The van der Waals surface area contributed by atoms with Gasteiger partial charge in [-0.1, -0.05) is 19.3 Å². The van der Waals surface area contributed by atoms with E-state index in [1.165, 1.54) is 37.0 Å². The second kappa shape index (κ2) is 5.42. The van der Waals surface area contributed by atoms with Crippen molar-refractivity contribution in [1.82, 2.24) is 9.97 Å². The van der Waals surface area contributed by atoms with Gasteiger partial charge >= 0.3 is 6.09 Å². The fourth-order valence-electron chi connectivity index (χ4n) is 2.60. The van der Waals surface area contributed by atoms with E-state index in [1.54, 1.807) is 12.3 Å². The minimum atomic E-state index is -0.331. The second-order valence-corrected chi connectivity index (χ2v) is 4.98. The number of cyclic esters (lactones) is 1. The summed E-state index contributed by atoms with van der Waals surface area (Å²) in [5, 5.41) is 3.36. The van der Waals surface area contributed by atoms with Crippen LogP contribution in [0.15, 0.2) is 12.3 Å². The molecule has 1 saturated heterocycles. The lowest BCUT2D eigenvalue weighted by molar-refractivity contribution is 0.181. The van der Waals surface area contributed by atoms with Crippen LogP contribution in [0.3, 0.4) is 0 Å². The van der Waals surface area contributed by atoms with Crippen LogP contribution in [0.2, 0.25) is 0 Å². The summed E-state index contributed by atoms with van der Waals surface area (Å²) >= 11 is 0. The minimum Gasteiger partial charge on any atom is -0.447 e. The first-order valence-corrected chi connectivity index (χ1v) is 6.87. The molecule has 0 spiro atoms. The molecule has 1 N–H and O–H groups in total. The third kappa shape index (κ3) is 2.77. The molecule has 0 bridgehead atoms. The molecule has 6 heteroatoms. The zero-order valence-corrected chi connectivity index (χ0v) is 10.8. The Hall–Kier alpha value is -1.85. The predicted octanol–water partition coefficient (Wildman–Crippen LogP) is 2.18. The number of hydrogen-bond donors (Lipinski definition) is 1. The van der Waals surface area contributed by atoms with E-state index in [2.05, 4.69) is 15.3 Å². The van der Waals surface area contributed by atoms with Crippen LogP contribution in [0.25, 0.3) is 0 Å². The highest BCUT2D eigenvalue weighted by atomic mass is 16.6. The summed E-state index contributed by atoms with van der Waals surface area (Å²) in [5.74, 6) is 1.21. The van der Waals surface area contributed by atoms with Crippen LogP contribution in [0, 0.1) is 0 Å². The van der Waals surface area contributed by atoms with Gasteiger partial charge in [0, 0.05) is 12.2 Å². The zero-order valence-electron chi connectivity index (χ0n) is 10.8. The summed E-state index contributed by atoms with van der Waals surface area (Å²) in [6.07, 6.45) is 7.52. The average Bonchev–Trinajstić information content (AvgIpc) is 2.86. The summed E-state index contributed by atoms with van der Waals surface area (Å²) in [6, 6.07) is 2.19. The third-order valence-electron chi connectivity index (χ3n) is 3.62. The molecule has 0 radical (unpaired) electrons. The van der Waals surface area contributed by atoms with Crippen LogP contribution < -0.4 is 10.2 Å². The van der Waals surface area contributed by atoms with Crippen LogP contribution >= 0.6 is 0 Å². The van der Waals surface area contributed by atoms with Crippen molar-refractivity contribution in [2.75, 3.05) is 23.4 Å². The van der Waals surface area contributed by atoms with Gasteiger partial charge in [0.25, 0.3) is 0 Å². The Kier molecular flexibility index (Phi) is 3.48. The second-order valence-electron chi connectivity index (χ2n) is 4.98. The number of carbonyl (C=O) groups is 1. The Bertz CT molecular complexity index is 460. The van der Waals surface area contributed by atoms with Gasteiger partial charge < -0.3 is 10.1 Å². The summed E-state index contributed by atoms with van der Waals surface area (Å²) < 4.78 is 4.92. The highest BCUT2D eigenvalue weighted by Crippen LogP contribution is 2.21. The van der Waals surface area contributed by atoms with Crippen molar-refractivity contribution in [2.45, 2.75) is 38.1 Å². The van der Waals surface area contributed by atoms with Crippen molar-refractivity contribution >= 4 is 17.9 Å². The Morgan fingerprint density at radius 3 is 2.89 bits per heavy atom. The van der Waals surface area contributed by atoms with E-state index in [-0.39, 0.29) is 6.09 Å². The van der Waals surface area contributed by atoms with E-state index < -0.39 is 0 Å². The zero-order chi connectivity index (χ0) is 13.1. The lowest BCUT2D eigenvalue weighted by Gasteiger charge is -2.23. The molecule has 1 aliphatic carbocycles. The number of rotatable bonds is 3. The maximum absolute atomic E-state index is 11.5. The maximum atomic E-state index is 11.5. The van der Waals surface area contributed by atoms with Crippen LogP contribution in [-0.4, -0.2) is 35.3 Å². The van der Waals surface area contributed by atoms with Crippen LogP contribution in [0.5, 0.6) is 0 Å². The highest BCUT2D eigenvalue weighted by molar-refractivity contribution is 5.88. The number of carbonyl (C=O) groups excluding carboxylic acids is 1. The van der Waals surface area contributed by atoms with E-state index in [9.17, 15) is 4.79 Å². The fraction of sp³-hybridized carbons (Fsp3) is 0.615. The molecule has 0 aromatic carbocycles. The van der Waals surface area contributed by atoms with Gasteiger partial charge in [0.1, 0.15) is 12.4 Å². The molecule has 2 fully saturated rings. The highest BCUT2D eigenvalue weighted by Gasteiger charge is 2.25. The van der Waals surface area contributed by atoms with Gasteiger partial charge in [-0.2, -0.15) is 4.98 Å². The van der Waals surface area contributed by atoms with Gasteiger partial charge in [0.05, 0.1) is 6.54 Å².